The van der Waals surface area contributed by atoms with Gasteiger partial charge in [0.15, 0.2) is 11.5 Å². The Kier molecular flexibility index (Phi) is 6.86. The van der Waals surface area contributed by atoms with Gasteiger partial charge in [-0.05, 0) is 71.0 Å². The summed E-state index contributed by atoms with van der Waals surface area (Å²) in [5.41, 5.74) is 4.34. The number of aryl methyl sites for hydroxylation is 1. The molecular formula is C30H32N10O3. The summed E-state index contributed by atoms with van der Waals surface area (Å²) in [5.74, 6) is 1.04. The SMILES string of the molecule is Cc1cc(C#N)nn1-c1nc(-n2cnc3cc(Nc4cnn(C5CN(C(=O)OC(C)(C)C)C5)c4)ccc32)ccc1C(C)O. The minimum Gasteiger partial charge on any atom is -0.444 e. The normalized spacial score (nSPS) is 14.4. The van der Waals surface area contributed by atoms with Gasteiger partial charge in [0, 0.05) is 36.2 Å². The molecule has 0 saturated carbocycles. The summed E-state index contributed by atoms with van der Waals surface area (Å²) in [4.78, 5) is 23.3. The molecule has 13 nitrogen and oxygen atoms in total. The van der Waals surface area contributed by atoms with Crippen LogP contribution in [0.1, 0.15) is 56.8 Å². The average Bonchev–Trinajstić information content (AvgIpc) is 3.64. The largest absolute Gasteiger partial charge is 0.444 e. The van der Waals surface area contributed by atoms with Crippen LogP contribution in [-0.2, 0) is 4.74 Å². The Labute approximate surface area is 248 Å². The molecule has 13 heteroatoms. The zero-order valence-electron chi connectivity index (χ0n) is 24.6. The number of rotatable bonds is 6. The number of amides is 1. The van der Waals surface area contributed by atoms with E-state index in [9.17, 15) is 15.2 Å². The van der Waals surface area contributed by atoms with Gasteiger partial charge in [0.25, 0.3) is 0 Å². The number of nitriles is 1. The van der Waals surface area contributed by atoms with Gasteiger partial charge in [0.2, 0.25) is 0 Å². The van der Waals surface area contributed by atoms with Gasteiger partial charge in [0.05, 0.1) is 35.1 Å². The molecule has 1 amide bonds. The molecule has 4 aromatic heterocycles. The zero-order chi connectivity index (χ0) is 30.5. The van der Waals surface area contributed by atoms with E-state index in [-0.39, 0.29) is 17.8 Å². The number of nitrogens with one attached hydrogen (secondary N) is 1. The molecule has 1 atom stereocenters. The van der Waals surface area contributed by atoms with E-state index in [0.29, 0.717) is 30.3 Å². The molecule has 0 bridgehead atoms. The third kappa shape index (κ3) is 5.52. The van der Waals surface area contributed by atoms with Crippen LogP contribution in [0.4, 0.5) is 16.2 Å². The number of hydrogen-bond acceptors (Lipinski definition) is 9. The molecule has 220 valence electrons. The van der Waals surface area contributed by atoms with Crippen LogP contribution in [-0.4, -0.2) is 68.9 Å². The Hall–Kier alpha value is -5.22. The average molecular weight is 581 g/mol. The first-order valence-electron chi connectivity index (χ1n) is 13.9. The van der Waals surface area contributed by atoms with Gasteiger partial charge < -0.3 is 20.1 Å². The summed E-state index contributed by atoms with van der Waals surface area (Å²) in [5, 5.41) is 31.9. The monoisotopic (exact) mass is 580 g/mol. The number of imidazole rings is 1. The first-order chi connectivity index (χ1) is 20.5. The number of aliphatic hydroxyl groups excluding tert-OH is 1. The van der Waals surface area contributed by atoms with Gasteiger partial charge in [-0.15, -0.1) is 0 Å². The number of carbonyl (C=O) groups is 1. The summed E-state index contributed by atoms with van der Waals surface area (Å²) in [6.07, 6.45) is 4.28. The second-order valence-corrected chi connectivity index (χ2v) is 11.6. The highest BCUT2D eigenvalue weighted by Crippen LogP contribution is 2.28. The fourth-order valence-corrected chi connectivity index (χ4v) is 4.96. The number of aliphatic hydroxyl groups is 1. The van der Waals surface area contributed by atoms with Crippen molar-refractivity contribution >= 4 is 28.5 Å². The van der Waals surface area contributed by atoms with Gasteiger partial charge in [-0.2, -0.15) is 15.5 Å². The number of likely N-dealkylation sites (tertiary alicyclic amines) is 1. The summed E-state index contributed by atoms with van der Waals surface area (Å²) in [6.45, 7) is 10.2. The van der Waals surface area contributed by atoms with Gasteiger partial charge in [0.1, 0.15) is 23.8 Å². The van der Waals surface area contributed by atoms with Crippen molar-refractivity contribution in [2.75, 3.05) is 18.4 Å². The molecule has 2 N–H and O–H groups in total. The van der Waals surface area contributed by atoms with Gasteiger partial charge in [-0.3, -0.25) is 9.25 Å². The second kappa shape index (κ2) is 10.6. The van der Waals surface area contributed by atoms with Crippen LogP contribution in [0, 0.1) is 18.3 Å². The van der Waals surface area contributed by atoms with Crippen molar-refractivity contribution < 1.29 is 14.6 Å². The number of nitrogens with zero attached hydrogens (tertiary/aromatic N) is 9. The molecule has 1 aliphatic rings. The van der Waals surface area contributed by atoms with E-state index in [1.54, 1.807) is 35.1 Å². The number of carbonyl (C=O) groups excluding carboxylic acids is 1. The van der Waals surface area contributed by atoms with E-state index in [0.717, 1.165) is 28.1 Å². The van der Waals surface area contributed by atoms with Crippen molar-refractivity contribution in [1.82, 2.24) is 39.0 Å². The minimum absolute atomic E-state index is 0.0934. The number of ether oxygens (including phenoxy) is 1. The van der Waals surface area contributed by atoms with E-state index < -0.39 is 11.7 Å². The first kappa shape index (κ1) is 27.9. The van der Waals surface area contributed by atoms with Crippen molar-refractivity contribution in [1.29, 1.82) is 5.26 Å². The molecule has 1 aliphatic heterocycles. The van der Waals surface area contributed by atoms with Crippen LogP contribution >= 0.6 is 0 Å². The minimum atomic E-state index is -0.781. The lowest BCUT2D eigenvalue weighted by molar-refractivity contribution is -0.000383. The molecule has 5 heterocycles. The van der Waals surface area contributed by atoms with Gasteiger partial charge in [-0.1, -0.05) is 0 Å². The lowest BCUT2D eigenvalue weighted by Gasteiger charge is -2.39. The van der Waals surface area contributed by atoms with Crippen molar-refractivity contribution in [2.24, 2.45) is 0 Å². The van der Waals surface area contributed by atoms with Gasteiger partial charge in [-0.25, -0.2) is 19.4 Å². The molecule has 0 aliphatic carbocycles. The first-order valence-corrected chi connectivity index (χ1v) is 13.9. The predicted octanol–water partition coefficient (Wildman–Crippen LogP) is 4.57. The van der Waals surface area contributed by atoms with E-state index >= 15 is 0 Å². The van der Waals surface area contributed by atoms with Crippen LogP contribution in [0.5, 0.6) is 0 Å². The zero-order valence-corrected chi connectivity index (χ0v) is 24.6. The van der Waals surface area contributed by atoms with Crippen molar-refractivity contribution in [2.45, 2.75) is 52.4 Å². The Morgan fingerprint density at radius 3 is 2.67 bits per heavy atom. The molecule has 43 heavy (non-hydrogen) atoms. The van der Waals surface area contributed by atoms with Crippen LogP contribution in [0.3, 0.4) is 0 Å². The van der Waals surface area contributed by atoms with Crippen LogP contribution < -0.4 is 5.32 Å². The number of hydrogen-bond donors (Lipinski definition) is 2. The highest BCUT2D eigenvalue weighted by molar-refractivity contribution is 5.82. The van der Waals surface area contributed by atoms with Crippen LogP contribution in [0.2, 0.25) is 0 Å². The van der Waals surface area contributed by atoms with E-state index in [1.807, 2.05) is 73.5 Å². The smallest absolute Gasteiger partial charge is 0.410 e. The van der Waals surface area contributed by atoms with Crippen molar-refractivity contribution in [3.05, 3.63) is 72.1 Å². The predicted molar refractivity (Wildman–Crippen MR) is 158 cm³/mol. The quantitative estimate of drug-likeness (QED) is 0.294. The molecule has 0 spiro atoms. The Morgan fingerprint density at radius 1 is 1.19 bits per heavy atom. The second-order valence-electron chi connectivity index (χ2n) is 11.6. The summed E-state index contributed by atoms with van der Waals surface area (Å²) >= 11 is 0. The number of aromatic nitrogens is 7. The van der Waals surface area contributed by atoms with E-state index in [1.165, 1.54) is 0 Å². The summed E-state index contributed by atoms with van der Waals surface area (Å²) in [7, 11) is 0. The highest BCUT2D eigenvalue weighted by atomic mass is 16.6. The molecular weight excluding hydrogens is 548 g/mol. The summed E-state index contributed by atoms with van der Waals surface area (Å²) < 4.78 is 10.7. The van der Waals surface area contributed by atoms with Crippen molar-refractivity contribution in [3.63, 3.8) is 0 Å². The van der Waals surface area contributed by atoms with E-state index in [4.69, 9.17) is 9.72 Å². The Morgan fingerprint density at radius 2 is 1.98 bits per heavy atom. The number of pyridine rings is 1. The molecule has 5 aromatic rings. The molecule has 1 saturated heterocycles. The number of anilines is 2. The van der Waals surface area contributed by atoms with E-state index in [2.05, 4.69) is 26.6 Å². The summed E-state index contributed by atoms with van der Waals surface area (Å²) in [6, 6.07) is 13.3. The maximum atomic E-state index is 12.2. The third-order valence-electron chi connectivity index (χ3n) is 7.12. The lowest BCUT2D eigenvalue weighted by atomic mass is 10.1. The fourth-order valence-electron chi connectivity index (χ4n) is 4.96. The molecule has 1 aromatic carbocycles. The van der Waals surface area contributed by atoms with Gasteiger partial charge >= 0.3 is 6.09 Å². The van der Waals surface area contributed by atoms with Crippen LogP contribution in [0.15, 0.2) is 55.1 Å². The lowest BCUT2D eigenvalue weighted by Crippen LogP contribution is -2.52. The highest BCUT2D eigenvalue weighted by Gasteiger charge is 2.35. The maximum Gasteiger partial charge on any atom is 0.410 e. The molecule has 0 radical (unpaired) electrons. The standard InChI is InChI=1S/C30H32N10O3/c1-18-10-21(12-31)36-40(18)28-24(19(2)41)7-9-27(35-28)38-17-32-25-11-20(6-8-26(25)38)34-22-13-33-39(14-22)23-15-37(16-23)29(42)43-30(3,4)5/h6-11,13-14,17,19,23,34,41H,15-16H2,1-5H3. The third-order valence-corrected chi connectivity index (χ3v) is 7.12. The van der Waals surface area contributed by atoms with Crippen LogP contribution in [0.25, 0.3) is 22.7 Å². The molecule has 1 fully saturated rings. The molecule has 6 rings (SSSR count). The fraction of sp³-hybridized carbons (Fsp3) is 0.333. The topological polar surface area (TPSA) is 152 Å². The number of benzene rings is 1. The Balaban J connectivity index is 1.19. The maximum absolute atomic E-state index is 12.2. The molecule has 1 unspecified atom stereocenters. The van der Waals surface area contributed by atoms with Crippen molar-refractivity contribution in [3.8, 4) is 17.7 Å². The Bertz CT molecular complexity index is 1860. The number of fused-ring (bicyclic) bond motifs is 1.